The Morgan fingerprint density at radius 3 is 2.12 bits per heavy atom. The van der Waals surface area contributed by atoms with Crippen LogP contribution in [0.4, 0.5) is 0 Å². The van der Waals surface area contributed by atoms with Crippen LogP contribution < -0.4 is 0 Å². The lowest BCUT2D eigenvalue weighted by molar-refractivity contribution is -0.129. The molecule has 17 heavy (non-hydrogen) atoms. The smallest absolute Gasteiger partial charge is 0.261 e. The third-order valence-electron chi connectivity index (χ3n) is 2.72. The number of benzene rings is 1. The molecule has 0 aliphatic heterocycles. The maximum Gasteiger partial charge on any atom is 0.261 e. The van der Waals surface area contributed by atoms with Gasteiger partial charge in [-0.2, -0.15) is 0 Å². The molecule has 94 valence electrons. The van der Waals surface area contributed by atoms with E-state index >= 15 is 0 Å². The van der Waals surface area contributed by atoms with E-state index in [1.165, 1.54) is 19.1 Å². The highest BCUT2D eigenvalue weighted by Gasteiger charge is 2.15. The normalized spacial score (nSPS) is 13.2. The Morgan fingerprint density at radius 2 is 1.76 bits per heavy atom. The summed E-state index contributed by atoms with van der Waals surface area (Å²) in [6, 6.07) is 6.06. The minimum absolute atomic E-state index is 0.0495. The molecule has 0 radical (unpaired) electrons. The molecule has 0 bridgehead atoms. The van der Waals surface area contributed by atoms with E-state index < -0.39 is 9.05 Å². The Labute approximate surface area is 106 Å². The summed E-state index contributed by atoms with van der Waals surface area (Å²) in [7, 11) is 3.21. The van der Waals surface area contributed by atoms with Gasteiger partial charge in [-0.05, 0) is 24.6 Å². The molecule has 0 fully saturated rings. The third-order valence-corrected chi connectivity index (χ3v) is 4.09. The summed E-state index contributed by atoms with van der Waals surface area (Å²) in [5.41, 5.74) is 0.853. The molecule has 1 unspecified atom stereocenters. The van der Waals surface area contributed by atoms with Crippen molar-refractivity contribution in [3.8, 4) is 0 Å². The van der Waals surface area contributed by atoms with Crippen LogP contribution in [0.25, 0.3) is 0 Å². The standard InChI is InChI=1S/C11H14ClNO3S/c1-8(13(3)9(2)14)10-4-6-11(7-5-10)17(12,15)16/h4-8H,1-3H3. The van der Waals surface area contributed by atoms with E-state index in [1.807, 2.05) is 6.92 Å². The van der Waals surface area contributed by atoms with Crippen LogP contribution in [-0.2, 0) is 13.8 Å². The lowest BCUT2D eigenvalue weighted by Crippen LogP contribution is -2.27. The summed E-state index contributed by atoms with van der Waals surface area (Å²) in [6.45, 7) is 3.35. The molecular weight excluding hydrogens is 262 g/mol. The highest BCUT2D eigenvalue weighted by molar-refractivity contribution is 8.13. The fraction of sp³-hybridized carbons (Fsp3) is 0.364. The van der Waals surface area contributed by atoms with Crippen molar-refractivity contribution in [3.63, 3.8) is 0 Å². The second kappa shape index (κ2) is 5.06. The number of halogens is 1. The first-order valence-electron chi connectivity index (χ1n) is 5.01. The van der Waals surface area contributed by atoms with E-state index in [0.717, 1.165) is 5.56 Å². The first-order valence-corrected chi connectivity index (χ1v) is 7.32. The zero-order chi connectivity index (χ0) is 13.2. The zero-order valence-corrected chi connectivity index (χ0v) is 11.4. The summed E-state index contributed by atoms with van der Waals surface area (Å²) in [5.74, 6) is -0.0495. The molecule has 1 aromatic carbocycles. The molecule has 1 rings (SSSR count). The average molecular weight is 276 g/mol. The third kappa shape index (κ3) is 3.44. The van der Waals surface area contributed by atoms with Crippen LogP contribution in [0.3, 0.4) is 0 Å². The quantitative estimate of drug-likeness (QED) is 0.795. The van der Waals surface area contributed by atoms with Crippen molar-refractivity contribution in [2.45, 2.75) is 24.8 Å². The van der Waals surface area contributed by atoms with Crippen LogP contribution in [0, 0.1) is 0 Å². The van der Waals surface area contributed by atoms with E-state index in [1.54, 1.807) is 24.1 Å². The molecule has 6 heteroatoms. The fourth-order valence-electron chi connectivity index (χ4n) is 1.41. The number of carbonyl (C=O) groups is 1. The second-order valence-corrected chi connectivity index (χ2v) is 6.38. The van der Waals surface area contributed by atoms with Crippen LogP contribution in [0.15, 0.2) is 29.2 Å². The second-order valence-electron chi connectivity index (χ2n) is 3.81. The number of hydrogen-bond donors (Lipinski definition) is 0. The Bertz CT molecular complexity index is 510. The van der Waals surface area contributed by atoms with Crippen molar-refractivity contribution in [3.05, 3.63) is 29.8 Å². The van der Waals surface area contributed by atoms with E-state index in [2.05, 4.69) is 0 Å². The molecule has 1 amide bonds. The molecule has 0 heterocycles. The molecule has 0 aromatic heterocycles. The first-order chi connectivity index (χ1) is 7.73. The number of amides is 1. The summed E-state index contributed by atoms with van der Waals surface area (Å²) in [5, 5.41) is 0. The van der Waals surface area contributed by atoms with Crippen LogP contribution in [0.1, 0.15) is 25.5 Å². The predicted octanol–water partition coefficient (Wildman–Crippen LogP) is 2.15. The van der Waals surface area contributed by atoms with Crippen molar-refractivity contribution >= 4 is 25.6 Å². The van der Waals surface area contributed by atoms with Crippen LogP contribution in [-0.4, -0.2) is 26.3 Å². The van der Waals surface area contributed by atoms with Crippen molar-refractivity contribution < 1.29 is 13.2 Å². The maximum atomic E-state index is 11.2. The van der Waals surface area contributed by atoms with Gasteiger partial charge in [-0.1, -0.05) is 12.1 Å². The molecule has 0 aliphatic carbocycles. The first kappa shape index (κ1) is 14.0. The minimum Gasteiger partial charge on any atom is -0.339 e. The lowest BCUT2D eigenvalue weighted by atomic mass is 10.1. The molecule has 0 saturated carbocycles. The number of nitrogens with zero attached hydrogens (tertiary/aromatic N) is 1. The van der Waals surface area contributed by atoms with Crippen molar-refractivity contribution in [2.24, 2.45) is 0 Å². The van der Waals surface area contributed by atoms with Gasteiger partial charge in [0, 0.05) is 24.7 Å². The van der Waals surface area contributed by atoms with E-state index in [9.17, 15) is 13.2 Å². The van der Waals surface area contributed by atoms with Crippen molar-refractivity contribution in [2.75, 3.05) is 7.05 Å². The maximum absolute atomic E-state index is 11.2. The molecule has 4 nitrogen and oxygen atoms in total. The number of rotatable bonds is 3. The van der Waals surface area contributed by atoms with E-state index in [-0.39, 0.29) is 16.8 Å². The summed E-state index contributed by atoms with van der Waals surface area (Å²) >= 11 is 0. The van der Waals surface area contributed by atoms with Crippen LogP contribution >= 0.6 is 10.7 Å². The van der Waals surface area contributed by atoms with Crippen LogP contribution in [0.5, 0.6) is 0 Å². The van der Waals surface area contributed by atoms with Crippen molar-refractivity contribution in [1.29, 1.82) is 0 Å². The Kier molecular flexibility index (Phi) is 4.16. The molecule has 1 atom stereocenters. The predicted molar refractivity (Wildman–Crippen MR) is 66.3 cm³/mol. The number of hydrogen-bond acceptors (Lipinski definition) is 3. The summed E-state index contributed by atoms with van der Waals surface area (Å²) < 4.78 is 22.1. The average Bonchev–Trinajstić information content (AvgIpc) is 2.26. The van der Waals surface area contributed by atoms with Gasteiger partial charge >= 0.3 is 0 Å². The van der Waals surface area contributed by atoms with Gasteiger partial charge in [0.1, 0.15) is 0 Å². The highest BCUT2D eigenvalue weighted by atomic mass is 35.7. The topological polar surface area (TPSA) is 54.5 Å². The zero-order valence-electron chi connectivity index (χ0n) is 9.84. The molecule has 1 aromatic rings. The van der Waals surface area contributed by atoms with Gasteiger partial charge in [-0.25, -0.2) is 8.42 Å². The molecule has 0 saturated heterocycles. The molecule has 0 N–H and O–H groups in total. The van der Waals surface area contributed by atoms with Gasteiger partial charge in [0.15, 0.2) is 0 Å². The van der Waals surface area contributed by atoms with Gasteiger partial charge in [-0.15, -0.1) is 0 Å². The lowest BCUT2D eigenvalue weighted by Gasteiger charge is -2.23. The Hall–Kier alpha value is -1.07. The van der Waals surface area contributed by atoms with E-state index in [0.29, 0.717) is 0 Å². The number of carbonyl (C=O) groups excluding carboxylic acids is 1. The van der Waals surface area contributed by atoms with Crippen LogP contribution in [0.2, 0.25) is 0 Å². The molecule has 0 spiro atoms. The fourth-order valence-corrected chi connectivity index (χ4v) is 2.17. The monoisotopic (exact) mass is 275 g/mol. The van der Waals surface area contributed by atoms with Gasteiger partial charge in [-0.3, -0.25) is 4.79 Å². The largest absolute Gasteiger partial charge is 0.339 e. The SMILES string of the molecule is CC(=O)N(C)C(C)c1ccc(S(=O)(=O)Cl)cc1. The van der Waals surface area contributed by atoms with Gasteiger partial charge in [0.05, 0.1) is 10.9 Å². The highest BCUT2D eigenvalue weighted by Crippen LogP contribution is 2.22. The van der Waals surface area contributed by atoms with Gasteiger partial charge in [0.2, 0.25) is 5.91 Å². The van der Waals surface area contributed by atoms with E-state index in [4.69, 9.17) is 10.7 Å². The summed E-state index contributed by atoms with van der Waals surface area (Å²) in [4.78, 5) is 12.8. The van der Waals surface area contributed by atoms with Crippen molar-refractivity contribution in [1.82, 2.24) is 4.90 Å². The Morgan fingerprint density at radius 1 is 1.29 bits per heavy atom. The summed E-state index contributed by atoms with van der Waals surface area (Å²) in [6.07, 6.45) is 0. The minimum atomic E-state index is -3.69. The van der Waals surface area contributed by atoms with Gasteiger partial charge < -0.3 is 4.90 Å². The molecular formula is C11H14ClNO3S. The Balaban J connectivity index is 2.99. The molecule has 0 aliphatic rings. The van der Waals surface area contributed by atoms with Gasteiger partial charge in [0.25, 0.3) is 9.05 Å².